The Labute approximate surface area is 475 Å². The summed E-state index contributed by atoms with van der Waals surface area (Å²) in [5.41, 5.74) is 28.6. The van der Waals surface area contributed by atoms with E-state index in [0.29, 0.717) is 0 Å². The molecule has 1 atom stereocenters. The number of fused-ring (bicyclic) bond motifs is 17. The van der Waals surface area contributed by atoms with Crippen LogP contribution >= 0.6 is 0 Å². The minimum Gasteiger partial charge on any atom is -0.354 e. The lowest BCUT2D eigenvalue weighted by molar-refractivity contribution is 0.799. The van der Waals surface area contributed by atoms with Gasteiger partial charge in [0.25, 0.3) is 0 Å². The Bertz CT molecular complexity index is 5010. The maximum Gasteiger partial charge on any atom is 0.0746 e. The molecule has 82 heavy (non-hydrogen) atoms. The van der Waals surface area contributed by atoms with E-state index < -0.39 is 5.41 Å². The average Bonchev–Trinajstić information content (AvgIpc) is 1.77. The van der Waals surface area contributed by atoms with Crippen molar-refractivity contribution in [1.29, 1.82) is 0 Å². The lowest BCUT2D eigenvalue weighted by Gasteiger charge is -2.31. The molecule has 2 aromatic heterocycles. The van der Waals surface area contributed by atoms with Crippen molar-refractivity contribution in [2.24, 2.45) is 0 Å². The molecule has 13 aromatic carbocycles. The molecule has 1 unspecified atom stereocenters. The van der Waals surface area contributed by atoms with E-state index in [1.807, 2.05) is 0 Å². The zero-order valence-electron chi connectivity index (χ0n) is 44.8. The highest BCUT2D eigenvalue weighted by molar-refractivity contribution is 6.15. The number of aromatic nitrogens is 2. The third-order valence-corrected chi connectivity index (χ3v) is 17.8. The normalized spacial score (nSPS) is 13.9. The van der Waals surface area contributed by atoms with Crippen molar-refractivity contribution in [2.45, 2.75) is 5.41 Å². The van der Waals surface area contributed by atoms with Crippen LogP contribution in [0.1, 0.15) is 22.3 Å². The van der Waals surface area contributed by atoms with Gasteiger partial charge in [0, 0.05) is 55.3 Å². The standard InChI is InChI=1S/C79H51N3/c1-4-19-51(20-5-1)52-35-41-58(42-36-52)81(73-33-16-12-25-60(73)53-21-6-2-7-22-53)59-43-37-54(38-44-59)61-29-18-32-71-76(61)66-28-11-15-31-70(66)79(71)69-30-14-10-26-62(69)64-45-46-65-67-49-55(39-47-72(67)80-78(65)77(64)79)56-40-48-75-68(50-56)63-27-13-17-34-74(63)82(75)57-23-8-3-9-24-57/h1-50,80H. The van der Waals surface area contributed by atoms with Crippen LogP contribution in [0.25, 0.3) is 116 Å². The van der Waals surface area contributed by atoms with E-state index >= 15 is 0 Å². The Kier molecular flexibility index (Phi) is 10.2. The number of anilines is 3. The first-order valence-corrected chi connectivity index (χ1v) is 28.4. The largest absolute Gasteiger partial charge is 0.354 e. The molecule has 1 spiro atoms. The van der Waals surface area contributed by atoms with E-state index in [4.69, 9.17) is 0 Å². The summed E-state index contributed by atoms with van der Waals surface area (Å²) in [7, 11) is 0. The molecule has 3 heteroatoms. The second kappa shape index (κ2) is 18.2. The van der Waals surface area contributed by atoms with Gasteiger partial charge < -0.3 is 14.5 Å². The average molecular weight is 1040 g/mol. The molecule has 0 saturated heterocycles. The summed E-state index contributed by atoms with van der Waals surface area (Å²) < 4.78 is 2.39. The van der Waals surface area contributed by atoms with E-state index in [9.17, 15) is 0 Å². The Balaban J connectivity index is 0.810. The second-order valence-corrected chi connectivity index (χ2v) is 22.0. The quantitative estimate of drug-likeness (QED) is 0.161. The molecule has 2 aliphatic carbocycles. The third kappa shape index (κ3) is 6.77. The molecule has 0 fully saturated rings. The molecule has 17 rings (SSSR count). The van der Waals surface area contributed by atoms with Crippen molar-refractivity contribution in [1.82, 2.24) is 9.55 Å². The highest BCUT2D eigenvalue weighted by Crippen LogP contribution is 2.65. The second-order valence-electron chi connectivity index (χ2n) is 22.0. The summed E-state index contributed by atoms with van der Waals surface area (Å²) in [5.74, 6) is 0. The Morgan fingerprint density at radius 1 is 0.305 bits per heavy atom. The molecule has 0 amide bonds. The van der Waals surface area contributed by atoms with Crippen LogP contribution in [0.3, 0.4) is 0 Å². The number of nitrogens with zero attached hydrogens (tertiary/aromatic N) is 2. The molecule has 2 aliphatic rings. The molecule has 1 N–H and O–H groups in total. The predicted molar refractivity (Wildman–Crippen MR) is 343 cm³/mol. The number of hydrogen-bond donors (Lipinski definition) is 1. The van der Waals surface area contributed by atoms with Crippen LogP contribution in [0.5, 0.6) is 0 Å². The van der Waals surface area contributed by atoms with Crippen LogP contribution in [-0.2, 0) is 5.41 Å². The number of rotatable bonds is 8. The number of aromatic amines is 1. The lowest BCUT2D eigenvalue weighted by atomic mass is 9.70. The number of para-hydroxylation sites is 3. The number of H-pyrrole nitrogens is 1. The molecular formula is C79H51N3. The van der Waals surface area contributed by atoms with Gasteiger partial charge in [0.15, 0.2) is 0 Å². The van der Waals surface area contributed by atoms with Crippen LogP contribution < -0.4 is 4.90 Å². The van der Waals surface area contributed by atoms with Gasteiger partial charge in [-0.1, -0.05) is 231 Å². The highest BCUT2D eigenvalue weighted by Gasteiger charge is 2.53. The van der Waals surface area contributed by atoms with E-state index in [2.05, 4.69) is 318 Å². The minimum atomic E-state index is -0.571. The first-order valence-electron chi connectivity index (χ1n) is 28.4. The summed E-state index contributed by atoms with van der Waals surface area (Å²) in [4.78, 5) is 6.50. The van der Waals surface area contributed by atoms with Gasteiger partial charge in [-0.05, 0) is 151 Å². The van der Waals surface area contributed by atoms with Gasteiger partial charge in [-0.3, -0.25) is 0 Å². The van der Waals surface area contributed by atoms with Crippen molar-refractivity contribution in [3.63, 3.8) is 0 Å². The topological polar surface area (TPSA) is 24.0 Å². The zero-order chi connectivity index (χ0) is 53.9. The third-order valence-electron chi connectivity index (χ3n) is 17.8. The van der Waals surface area contributed by atoms with Crippen molar-refractivity contribution < 1.29 is 0 Å². The van der Waals surface area contributed by atoms with E-state index in [-0.39, 0.29) is 0 Å². The molecule has 0 radical (unpaired) electrons. The van der Waals surface area contributed by atoms with Gasteiger partial charge in [-0.15, -0.1) is 0 Å². The number of hydrogen-bond acceptors (Lipinski definition) is 1. The van der Waals surface area contributed by atoms with E-state index in [1.54, 1.807) is 0 Å². The SMILES string of the molecule is c1ccc(-c2ccc(N(c3ccc(-c4cccc5c4-c4ccccc4C54c5ccccc5-c5ccc6c([nH]c7ccc(-c8ccc9c(c8)c8ccccc8n9-c8ccccc8)cc76)c54)cc3)c3ccccc3-c3ccccc3)cc2)cc1. The van der Waals surface area contributed by atoms with Crippen molar-refractivity contribution in [2.75, 3.05) is 4.90 Å². The van der Waals surface area contributed by atoms with E-state index in [1.165, 1.54) is 127 Å². The summed E-state index contributed by atoms with van der Waals surface area (Å²) >= 11 is 0. The molecule has 0 saturated carbocycles. The van der Waals surface area contributed by atoms with Gasteiger partial charge in [-0.25, -0.2) is 0 Å². The van der Waals surface area contributed by atoms with Gasteiger partial charge in [0.1, 0.15) is 0 Å². The fraction of sp³-hybridized carbons (Fsp3) is 0.0127. The molecule has 15 aromatic rings. The molecule has 2 heterocycles. The van der Waals surface area contributed by atoms with Crippen LogP contribution in [0.15, 0.2) is 303 Å². The summed E-state index contributed by atoms with van der Waals surface area (Å²) in [5, 5.41) is 4.96. The van der Waals surface area contributed by atoms with Gasteiger partial charge in [0.05, 0.1) is 27.7 Å². The molecule has 3 nitrogen and oxygen atoms in total. The molecular weight excluding hydrogens is 991 g/mol. The molecule has 382 valence electrons. The van der Waals surface area contributed by atoms with E-state index in [0.717, 1.165) is 28.3 Å². The number of benzene rings is 13. The minimum absolute atomic E-state index is 0.571. The zero-order valence-corrected chi connectivity index (χ0v) is 44.8. The monoisotopic (exact) mass is 1040 g/mol. The predicted octanol–water partition coefficient (Wildman–Crippen LogP) is 20.9. The maximum atomic E-state index is 4.09. The van der Waals surface area contributed by atoms with Gasteiger partial charge in [0.2, 0.25) is 0 Å². The molecule has 0 bridgehead atoms. The van der Waals surface area contributed by atoms with Crippen LogP contribution in [-0.4, -0.2) is 9.55 Å². The Morgan fingerprint density at radius 2 is 0.829 bits per heavy atom. The van der Waals surface area contributed by atoms with Crippen molar-refractivity contribution >= 4 is 60.7 Å². The maximum absolute atomic E-state index is 4.09. The summed E-state index contributed by atoms with van der Waals surface area (Å²) in [6, 6.07) is 112. The van der Waals surface area contributed by atoms with Crippen LogP contribution in [0.2, 0.25) is 0 Å². The lowest BCUT2D eigenvalue weighted by Crippen LogP contribution is -2.26. The van der Waals surface area contributed by atoms with Gasteiger partial charge >= 0.3 is 0 Å². The first kappa shape index (κ1) is 46.2. The Morgan fingerprint density at radius 3 is 1.59 bits per heavy atom. The van der Waals surface area contributed by atoms with Crippen molar-refractivity contribution in [3.8, 4) is 72.4 Å². The first-order chi connectivity index (χ1) is 40.7. The fourth-order valence-corrected chi connectivity index (χ4v) is 14.3. The van der Waals surface area contributed by atoms with Gasteiger partial charge in [-0.2, -0.15) is 0 Å². The van der Waals surface area contributed by atoms with Crippen LogP contribution in [0.4, 0.5) is 17.1 Å². The van der Waals surface area contributed by atoms with Crippen molar-refractivity contribution in [3.05, 3.63) is 326 Å². The highest BCUT2D eigenvalue weighted by atomic mass is 15.1. The summed E-state index contributed by atoms with van der Waals surface area (Å²) in [6.07, 6.45) is 0. The number of nitrogens with one attached hydrogen (secondary N) is 1. The Hall–Kier alpha value is -10.7. The van der Waals surface area contributed by atoms with Crippen LogP contribution in [0, 0.1) is 0 Å². The molecule has 0 aliphatic heterocycles. The smallest absolute Gasteiger partial charge is 0.0746 e. The fourth-order valence-electron chi connectivity index (χ4n) is 14.3. The summed E-state index contributed by atoms with van der Waals surface area (Å²) in [6.45, 7) is 0.